The molecule has 2 aromatic rings. The highest BCUT2D eigenvalue weighted by molar-refractivity contribution is 8.13. The van der Waals surface area contributed by atoms with E-state index in [-0.39, 0.29) is 23.4 Å². The maximum Gasteiger partial charge on any atom is 0.408 e. The third-order valence-corrected chi connectivity index (χ3v) is 5.72. The number of fused-ring (bicyclic) bond motifs is 1. The number of alkyl carbamates (subject to hydrolysis) is 1. The molecule has 2 atom stereocenters. The molecule has 2 aromatic carbocycles. The number of carbonyl (C=O) groups is 4. The number of carboxylic acids is 1. The molecule has 10 heteroatoms. The third kappa shape index (κ3) is 9.11. The average Bonchev–Trinajstić information content (AvgIpc) is 2.78. The van der Waals surface area contributed by atoms with E-state index in [0.717, 1.165) is 28.1 Å². The molecular formula is C23H29N3O6S. The van der Waals surface area contributed by atoms with Gasteiger partial charge in [0.1, 0.15) is 19.2 Å². The number of benzene rings is 2. The molecule has 0 aliphatic rings. The Morgan fingerprint density at radius 2 is 1.79 bits per heavy atom. The molecule has 0 fully saturated rings. The van der Waals surface area contributed by atoms with Gasteiger partial charge >= 0.3 is 12.1 Å². The summed E-state index contributed by atoms with van der Waals surface area (Å²) in [6.45, 7) is 3.34. The van der Waals surface area contributed by atoms with Gasteiger partial charge in [-0.05, 0) is 34.7 Å². The molecule has 2 amide bonds. The standard InChI is InChI=1S/C23H29N3O6S/c1-14(2)9-19(22(30)33-13-18(24)21(29)25-11-20(27)28)26-23(31)32-12-15-7-8-16-5-3-4-6-17(16)10-15/h3-8,10,14,18-19H,9,11-13,24H2,1-2H3,(H,25,29)(H,26,31)(H,27,28)/t18-,19-/m0/s1. The Balaban J connectivity index is 1.88. The molecule has 9 nitrogen and oxygen atoms in total. The zero-order chi connectivity index (χ0) is 24.4. The lowest BCUT2D eigenvalue weighted by Gasteiger charge is -2.19. The van der Waals surface area contributed by atoms with E-state index < -0.39 is 36.6 Å². The second-order valence-electron chi connectivity index (χ2n) is 7.93. The summed E-state index contributed by atoms with van der Waals surface area (Å²) < 4.78 is 5.30. The van der Waals surface area contributed by atoms with Gasteiger partial charge in [0.25, 0.3) is 0 Å². The summed E-state index contributed by atoms with van der Waals surface area (Å²) in [6.07, 6.45) is -0.330. The minimum Gasteiger partial charge on any atom is -0.480 e. The molecule has 0 aliphatic carbocycles. The van der Waals surface area contributed by atoms with Gasteiger partial charge in [0, 0.05) is 5.75 Å². The zero-order valence-corrected chi connectivity index (χ0v) is 19.4. The molecule has 0 unspecified atom stereocenters. The summed E-state index contributed by atoms with van der Waals surface area (Å²) in [4.78, 5) is 47.3. The van der Waals surface area contributed by atoms with Crippen LogP contribution in [0.2, 0.25) is 0 Å². The summed E-state index contributed by atoms with van der Waals surface area (Å²) in [7, 11) is 0. The van der Waals surface area contributed by atoms with E-state index in [0.29, 0.717) is 6.42 Å². The van der Waals surface area contributed by atoms with E-state index >= 15 is 0 Å². The molecular weight excluding hydrogens is 446 g/mol. The van der Waals surface area contributed by atoms with E-state index in [2.05, 4.69) is 10.6 Å². The Kier molecular flexibility index (Phi) is 10.1. The second kappa shape index (κ2) is 12.8. The predicted molar refractivity (Wildman–Crippen MR) is 127 cm³/mol. The number of nitrogens with two attached hydrogens (primary N) is 1. The van der Waals surface area contributed by atoms with Crippen molar-refractivity contribution in [2.45, 2.75) is 39.0 Å². The SMILES string of the molecule is CC(C)C[C@H](NC(=O)OCc1ccc2ccccc2c1)C(=O)SC[C@H](N)C(=O)NCC(=O)O. The first-order chi connectivity index (χ1) is 15.7. The number of hydrogen-bond acceptors (Lipinski definition) is 7. The van der Waals surface area contributed by atoms with Crippen molar-refractivity contribution < 1.29 is 29.0 Å². The van der Waals surface area contributed by atoms with Gasteiger partial charge in [-0.25, -0.2) is 4.79 Å². The number of hydrogen-bond donors (Lipinski definition) is 4. The largest absolute Gasteiger partial charge is 0.480 e. The van der Waals surface area contributed by atoms with Crippen molar-refractivity contribution in [1.29, 1.82) is 0 Å². The third-order valence-electron chi connectivity index (χ3n) is 4.62. The van der Waals surface area contributed by atoms with Crippen molar-refractivity contribution in [2.24, 2.45) is 11.7 Å². The van der Waals surface area contributed by atoms with Crippen LogP contribution in [0.5, 0.6) is 0 Å². The molecule has 0 spiro atoms. The molecule has 33 heavy (non-hydrogen) atoms. The van der Waals surface area contributed by atoms with Crippen molar-refractivity contribution >= 4 is 45.6 Å². The van der Waals surface area contributed by atoms with Crippen LogP contribution in [0.3, 0.4) is 0 Å². The molecule has 0 aromatic heterocycles. The van der Waals surface area contributed by atoms with E-state index in [1.165, 1.54) is 0 Å². The van der Waals surface area contributed by atoms with E-state index in [4.69, 9.17) is 15.6 Å². The first kappa shape index (κ1) is 26.1. The number of carboxylic acid groups (broad SMARTS) is 1. The quantitative estimate of drug-likeness (QED) is 0.387. The van der Waals surface area contributed by atoms with Gasteiger partial charge in [0.15, 0.2) is 0 Å². The second-order valence-corrected chi connectivity index (χ2v) is 8.96. The smallest absolute Gasteiger partial charge is 0.408 e. The minimum absolute atomic E-state index is 0.0489. The van der Waals surface area contributed by atoms with Crippen molar-refractivity contribution in [2.75, 3.05) is 12.3 Å². The van der Waals surface area contributed by atoms with Crippen LogP contribution in [0.4, 0.5) is 4.79 Å². The molecule has 0 saturated carbocycles. The fourth-order valence-corrected chi connectivity index (χ4v) is 3.84. The summed E-state index contributed by atoms with van der Waals surface area (Å²) in [5, 5.41) is 15.1. The molecule has 0 radical (unpaired) electrons. The molecule has 178 valence electrons. The Morgan fingerprint density at radius 3 is 2.45 bits per heavy atom. The van der Waals surface area contributed by atoms with Gasteiger partial charge in [-0.3, -0.25) is 14.4 Å². The highest BCUT2D eigenvalue weighted by Gasteiger charge is 2.25. The summed E-state index contributed by atoms with van der Waals surface area (Å²) in [5.41, 5.74) is 6.54. The van der Waals surface area contributed by atoms with Gasteiger partial charge in [-0.1, -0.05) is 62.0 Å². The zero-order valence-electron chi connectivity index (χ0n) is 18.6. The van der Waals surface area contributed by atoms with Gasteiger partial charge in [-0.2, -0.15) is 0 Å². The van der Waals surface area contributed by atoms with Crippen LogP contribution < -0.4 is 16.4 Å². The number of carbonyl (C=O) groups excluding carboxylic acids is 3. The topological polar surface area (TPSA) is 148 Å². The highest BCUT2D eigenvalue weighted by Crippen LogP contribution is 2.17. The fourth-order valence-electron chi connectivity index (χ4n) is 2.99. The highest BCUT2D eigenvalue weighted by atomic mass is 32.2. The Labute approximate surface area is 196 Å². The molecule has 0 bridgehead atoms. The first-order valence-corrected chi connectivity index (χ1v) is 11.5. The van der Waals surface area contributed by atoms with Crippen LogP contribution in [0.25, 0.3) is 10.8 Å². The number of rotatable bonds is 11. The number of aliphatic carboxylic acids is 1. The van der Waals surface area contributed by atoms with Crippen molar-refractivity contribution in [3.63, 3.8) is 0 Å². The monoisotopic (exact) mass is 475 g/mol. The van der Waals surface area contributed by atoms with E-state index in [9.17, 15) is 19.2 Å². The van der Waals surface area contributed by atoms with Crippen LogP contribution in [0.1, 0.15) is 25.8 Å². The summed E-state index contributed by atoms with van der Waals surface area (Å²) in [5.74, 6) is -1.79. The van der Waals surface area contributed by atoms with Crippen molar-refractivity contribution in [1.82, 2.24) is 10.6 Å². The van der Waals surface area contributed by atoms with Crippen LogP contribution in [0.15, 0.2) is 42.5 Å². The average molecular weight is 476 g/mol. The Morgan fingerprint density at radius 1 is 1.09 bits per heavy atom. The lowest BCUT2D eigenvalue weighted by Crippen LogP contribution is -2.45. The van der Waals surface area contributed by atoms with E-state index in [1.54, 1.807) is 0 Å². The number of thioether (sulfide) groups is 1. The fraction of sp³-hybridized carbons (Fsp3) is 0.391. The van der Waals surface area contributed by atoms with Gasteiger partial charge in [0.05, 0.1) is 6.04 Å². The number of ether oxygens (including phenoxy) is 1. The van der Waals surface area contributed by atoms with Crippen LogP contribution >= 0.6 is 11.8 Å². The van der Waals surface area contributed by atoms with Crippen molar-refractivity contribution in [3.05, 3.63) is 48.0 Å². The van der Waals surface area contributed by atoms with Gasteiger partial charge in [0.2, 0.25) is 11.0 Å². The van der Waals surface area contributed by atoms with Gasteiger partial charge < -0.3 is 26.2 Å². The molecule has 2 rings (SSSR count). The Hall–Kier alpha value is -3.11. The predicted octanol–water partition coefficient (Wildman–Crippen LogP) is 2.27. The van der Waals surface area contributed by atoms with E-state index in [1.807, 2.05) is 56.3 Å². The Bertz CT molecular complexity index is 997. The van der Waals surface area contributed by atoms with Crippen molar-refractivity contribution in [3.8, 4) is 0 Å². The van der Waals surface area contributed by atoms with Crippen LogP contribution in [0, 0.1) is 5.92 Å². The maximum atomic E-state index is 12.6. The first-order valence-electron chi connectivity index (χ1n) is 10.5. The minimum atomic E-state index is -1.19. The number of nitrogens with one attached hydrogen (secondary N) is 2. The van der Waals surface area contributed by atoms with Gasteiger partial charge in [-0.15, -0.1) is 0 Å². The summed E-state index contributed by atoms with van der Waals surface area (Å²) in [6, 6.07) is 11.7. The number of amides is 2. The molecule has 5 N–H and O–H groups in total. The lowest BCUT2D eigenvalue weighted by atomic mass is 10.1. The maximum absolute atomic E-state index is 12.6. The summed E-state index contributed by atoms with van der Waals surface area (Å²) >= 11 is 0.813. The molecule has 0 heterocycles. The molecule has 0 saturated heterocycles. The molecule has 0 aliphatic heterocycles. The van der Waals surface area contributed by atoms with Crippen LogP contribution in [-0.4, -0.2) is 52.6 Å². The normalized spacial score (nSPS) is 12.7. The lowest BCUT2D eigenvalue weighted by molar-refractivity contribution is -0.138. The van der Waals surface area contributed by atoms with Crippen LogP contribution in [-0.2, 0) is 25.7 Å².